The van der Waals surface area contributed by atoms with E-state index in [1.54, 1.807) is 6.07 Å². The predicted molar refractivity (Wildman–Crippen MR) is 53.1 cm³/mol. The largest absolute Gasteiger partial charge is 0.229 e. The average molecular weight is 239 g/mol. The summed E-state index contributed by atoms with van der Waals surface area (Å²) in [5.74, 6) is -1.66. The van der Waals surface area contributed by atoms with Crippen LogP contribution in [-0.4, -0.2) is 40.3 Å². The van der Waals surface area contributed by atoms with Crippen molar-refractivity contribution < 1.29 is 16.8 Å². The Morgan fingerprint density at radius 2 is 1.71 bits per heavy atom. The molecule has 1 unspecified atom stereocenters. The summed E-state index contributed by atoms with van der Waals surface area (Å²) < 4.78 is 43.9. The number of nitrogens with zero attached hydrogens (tertiary/aromatic N) is 1. The van der Waals surface area contributed by atoms with Crippen LogP contribution in [0.15, 0.2) is 0 Å². The summed E-state index contributed by atoms with van der Waals surface area (Å²) in [5.41, 5.74) is 0. The molecule has 0 spiro atoms. The van der Waals surface area contributed by atoms with Crippen molar-refractivity contribution in [2.24, 2.45) is 5.92 Å². The van der Waals surface area contributed by atoms with Gasteiger partial charge in [0.25, 0.3) is 0 Å². The molecular formula is C7H13NO4S2. The van der Waals surface area contributed by atoms with Crippen LogP contribution in [0, 0.1) is 17.2 Å². The van der Waals surface area contributed by atoms with Crippen LogP contribution < -0.4 is 0 Å². The fourth-order valence-electron chi connectivity index (χ4n) is 0.780. The van der Waals surface area contributed by atoms with Crippen molar-refractivity contribution in [3.8, 4) is 6.07 Å². The third-order valence-corrected chi connectivity index (χ3v) is 4.53. The molecule has 0 saturated carbocycles. The fourth-order valence-corrected chi connectivity index (χ4v) is 4.01. The maximum absolute atomic E-state index is 11.2. The normalized spacial score (nSPS) is 14.6. The molecular weight excluding hydrogens is 226 g/mol. The van der Waals surface area contributed by atoms with Crippen LogP contribution in [0.5, 0.6) is 0 Å². The Bertz CT molecular complexity index is 415. The van der Waals surface area contributed by atoms with E-state index < -0.39 is 31.3 Å². The number of hydrogen-bond acceptors (Lipinski definition) is 5. The van der Waals surface area contributed by atoms with E-state index in [2.05, 4.69) is 0 Å². The first-order valence-electron chi connectivity index (χ1n) is 3.94. The molecule has 0 fully saturated rings. The molecule has 0 radical (unpaired) electrons. The summed E-state index contributed by atoms with van der Waals surface area (Å²) in [6, 6.07) is 1.79. The molecule has 7 heteroatoms. The lowest BCUT2D eigenvalue weighted by Gasteiger charge is -2.03. The maximum atomic E-state index is 11.2. The highest BCUT2D eigenvalue weighted by atomic mass is 32.2. The number of nitriles is 1. The molecule has 0 aromatic carbocycles. The van der Waals surface area contributed by atoms with Gasteiger partial charge in [-0.25, -0.2) is 16.8 Å². The van der Waals surface area contributed by atoms with Crippen molar-refractivity contribution in [2.45, 2.75) is 6.92 Å². The van der Waals surface area contributed by atoms with Gasteiger partial charge in [0.15, 0.2) is 9.84 Å². The molecule has 0 bridgehead atoms. The Kier molecular flexibility index (Phi) is 4.55. The first-order valence-corrected chi connectivity index (χ1v) is 7.82. The van der Waals surface area contributed by atoms with E-state index >= 15 is 0 Å². The summed E-state index contributed by atoms with van der Waals surface area (Å²) in [5, 5.41) is 8.39. The number of sulfone groups is 2. The highest BCUT2D eigenvalue weighted by Gasteiger charge is 2.17. The molecule has 5 nitrogen and oxygen atoms in total. The minimum absolute atomic E-state index is 0.279. The smallest absolute Gasteiger partial charge is 0.152 e. The van der Waals surface area contributed by atoms with E-state index in [9.17, 15) is 16.8 Å². The van der Waals surface area contributed by atoms with Crippen molar-refractivity contribution in [2.75, 3.05) is 23.5 Å². The van der Waals surface area contributed by atoms with E-state index in [-0.39, 0.29) is 11.5 Å². The predicted octanol–water partition coefficient (Wildman–Crippen LogP) is -0.395. The topological polar surface area (TPSA) is 92.1 Å². The first kappa shape index (κ1) is 13.4. The summed E-state index contributed by atoms with van der Waals surface area (Å²) >= 11 is 0. The average Bonchev–Trinajstić information content (AvgIpc) is 1.99. The molecule has 14 heavy (non-hydrogen) atoms. The van der Waals surface area contributed by atoms with Crippen molar-refractivity contribution >= 4 is 19.7 Å². The third kappa shape index (κ3) is 6.86. The zero-order valence-electron chi connectivity index (χ0n) is 8.10. The summed E-state index contributed by atoms with van der Waals surface area (Å²) in [7, 11) is -6.69. The Morgan fingerprint density at radius 3 is 2.07 bits per heavy atom. The second-order valence-electron chi connectivity index (χ2n) is 3.27. The minimum atomic E-state index is -3.43. The quantitative estimate of drug-likeness (QED) is 0.651. The first-order chi connectivity index (χ1) is 6.16. The minimum Gasteiger partial charge on any atom is -0.229 e. The zero-order chi connectivity index (χ0) is 11.4. The highest BCUT2D eigenvalue weighted by Crippen LogP contribution is 2.01. The molecule has 0 aromatic heterocycles. The van der Waals surface area contributed by atoms with Gasteiger partial charge >= 0.3 is 0 Å². The molecule has 0 aliphatic rings. The molecule has 0 saturated heterocycles. The monoisotopic (exact) mass is 239 g/mol. The van der Waals surface area contributed by atoms with Gasteiger partial charge in [0.2, 0.25) is 0 Å². The van der Waals surface area contributed by atoms with Gasteiger partial charge < -0.3 is 0 Å². The standard InChI is InChI=1S/C7H13NO4S2/c1-7(5-8)6-14(11,12)4-3-13(2,9)10/h7H,3-4,6H2,1-2H3. The van der Waals surface area contributed by atoms with E-state index in [1.807, 2.05) is 0 Å². The summed E-state index contributed by atoms with van der Waals surface area (Å²) in [6.45, 7) is 1.48. The summed E-state index contributed by atoms with van der Waals surface area (Å²) in [4.78, 5) is 0. The molecule has 0 N–H and O–H groups in total. The second kappa shape index (κ2) is 4.75. The molecule has 0 amide bonds. The lowest BCUT2D eigenvalue weighted by atomic mass is 10.3. The van der Waals surface area contributed by atoms with Gasteiger partial charge in [-0.3, -0.25) is 0 Å². The Hall–Kier alpha value is -0.610. The van der Waals surface area contributed by atoms with Gasteiger partial charge in [0.05, 0.1) is 29.2 Å². The Labute approximate surface area is 84.6 Å². The number of hydrogen-bond donors (Lipinski definition) is 0. The van der Waals surface area contributed by atoms with Gasteiger partial charge in [0, 0.05) is 6.26 Å². The fraction of sp³-hybridized carbons (Fsp3) is 0.857. The van der Waals surface area contributed by atoms with Crippen LogP contribution in [0.1, 0.15) is 6.92 Å². The van der Waals surface area contributed by atoms with Gasteiger partial charge in [-0.15, -0.1) is 0 Å². The molecule has 82 valence electrons. The third-order valence-electron chi connectivity index (χ3n) is 1.49. The molecule has 0 aromatic rings. The van der Waals surface area contributed by atoms with Gasteiger partial charge in [-0.2, -0.15) is 5.26 Å². The van der Waals surface area contributed by atoms with Crippen molar-refractivity contribution in [1.82, 2.24) is 0 Å². The maximum Gasteiger partial charge on any atom is 0.152 e. The van der Waals surface area contributed by atoms with Crippen LogP contribution in [0.25, 0.3) is 0 Å². The molecule has 0 aliphatic carbocycles. The van der Waals surface area contributed by atoms with Crippen LogP contribution in [0.4, 0.5) is 0 Å². The lowest BCUT2D eigenvalue weighted by molar-refractivity contribution is 0.585. The van der Waals surface area contributed by atoms with Crippen LogP contribution >= 0.6 is 0 Å². The Morgan fingerprint density at radius 1 is 1.21 bits per heavy atom. The second-order valence-corrected chi connectivity index (χ2v) is 7.76. The zero-order valence-corrected chi connectivity index (χ0v) is 9.73. The molecule has 0 rings (SSSR count). The van der Waals surface area contributed by atoms with Gasteiger partial charge in [-0.05, 0) is 6.92 Å². The van der Waals surface area contributed by atoms with Crippen molar-refractivity contribution in [3.05, 3.63) is 0 Å². The lowest BCUT2D eigenvalue weighted by Crippen LogP contribution is -2.21. The van der Waals surface area contributed by atoms with E-state index in [1.165, 1.54) is 6.92 Å². The van der Waals surface area contributed by atoms with Crippen LogP contribution in [0.3, 0.4) is 0 Å². The SMILES string of the molecule is CC(C#N)CS(=O)(=O)CCS(C)(=O)=O. The van der Waals surface area contributed by atoms with Crippen LogP contribution in [0.2, 0.25) is 0 Å². The molecule has 0 heterocycles. The van der Waals surface area contributed by atoms with Gasteiger partial charge in [-0.1, -0.05) is 0 Å². The summed E-state index contributed by atoms with van der Waals surface area (Å²) in [6.07, 6.45) is 0.982. The van der Waals surface area contributed by atoms with Gasteiger partial charge in [0.1, 0.15) is 9.84 Å². The van der Waals surface area contributed by atoms with Crippen LogP contribution in [-0.2, 0) is 19.7 Å². The highest BCUT2D eigenvalue weighted by molar-refractivity contribution is 7.94. The van der Waals surface area contributed by atoms with E-state index in [4.69, 9.17) is 5.26 Å². The number of rotatable bonds is 5. The molecule has 0 aliphatic heterocycles. The van der Waals surface area contributed by atoms with Crippen molar-refractivity contribution in [3.63, 3.8) is 0 Å². The van der Waals surface area contributed by atoms with Crippen molar-refractivity contribution in [1.29, 1.82) is 5.26 Å². The van der Waals surface area contributed by atoms with E-state index in [0.29, 0.717) is 0 Å². The Balaban J connectivity index is 4.33. The molecule has 1 atom stereocenters. The van der Waals surface area contributed by atoms with E-state index in [0.717, 1.165) is 6.26 Å².